The molecule has 2 aromatic carbocycles. The molecule has 0 aliphatic carbocycles. The topological polar surface area (TPSA) is 44.8 Å². The monoisotopic (exact) mass is 367 g/mol. The maximum absolute atomic E-state index is 13.1. The lowest BCUT2D eigenvalue weighted by atomic mass is 9.86. The van der Waals surface area contributed by atoms with Gasteiger partial charge in [0.05, 0.1) is 7.11 Å². The van der Waals surface area contributed by atoms with E-state index in [1.54, 1.807) is 12.0 Å². The Bertz CT molecular complexity index is 746. The number of ether oxygens (including phenoxy) is 1. The molecule has 0 aromatic heterocycles. The molecule has 3 rings (SSSR count). The first-order valence-electron chi connectivity index (χ1n) is 9.43. The molecular formula is C22H29N3O2. The summed E-state index contributed by atoms with van der Waals surface area (Å²) in [6.45, 7) is 2.50. The molecule has 1 aliphatic heterocycles. The van der Waals surface area contributed by atoms with E-state index in [9.17, 15) is 4.79 Å². The van der Waals surface area contributed by atoms with E-state index in [1.165, 1.54) is 5.56 Å². The van der Waals surface area contributed by atoms with Crippen molar-refractivity contribution in [2.24, 2.45) is 0 Å². The zero-order chi connectivity index (χ0) is 19.3. The van der Waals surface area contributed by atoms with Crippen molar-refractivity contribution in [2.75, 3.05) is 39.6 Å². The number of amides is 1. The van der Waals surface area contributed by atoms with Gasteiger partial charge in [0.15, 0.2) is 0 Å². The molecule has 144 valence electrons. The SMILES string of the molecule is COc1ccc(CN2CCCC(Nc3ccccc3)(C(=O)N(C)C)C2)cc1. The van der Waals surface area contributed by atoms with Gasteiger partial charge in [-0.15, -0.1) is 0 Å². The maximum atomic E-state index is 13.1. The standard InChI is InChI=1S/C22H29N3O2/c1-24(2)21(26)22(23-19-8-5-4-6-9-19)14-7-15-25(17-22)16-18-10-12-20(27-3)13-11-18/h4-6,8-13,23H,7,14-17H2,1-3H3. The Kier molecular flexibility index (Phi) is 6.01. The van der Waals surface area contributed by atoms with Gasteiger partial charge in [0.2, 0.25) is 5.91 Å². The highest BCUT2D eigenvalue weighted by Gasteiger charge is 2.43. The summed E-state index contributed by atoms with van der Waals surface area (Å²) in [6, 6.07) is 18.2. The van der Waals surface area contributed by atoms with E-state index >= 15 is 0 Å². The first-order valence-corrected chi connectivity index (χ1v) is 9.43. The van der Waals surface area contributed by atoms with Gasteiger partial charge in [-0.2, -0.15) is 0 Å². The van der Waals surface area contributed by atoms with Crippen LogP contribution in [0.15, 0.2) is 54.6 Å². The third-order valence-electron chi connectivity index (χ3n) is 5.11. The van der Waals surface area contributed by atoms with Gasteiger partial charge in [-0.3, -0.25) is 9.69 Å². The Morgan fingerprint density at radius 1 is 1.15 bits per heavy atom. The lowest BCUT2D eigenvalue weighted by molar-refractivity contribution is -0.135. The molecular weight excluding hydrogens is 338 g/mol. The molecule has 27 heavy (non-hydrogen) atoms. The van der Waals surface area contributed by atoms with E-state index in [0.29, 0.717) is 6.54 Å². The van der Waals surface area contributed by atoms with Crippen LogP contribution in [0.4, 0.5) is 5.69 Å². The molecule has 1 aliphatic rings. The Morgan fingerprint density at radius 3 is 2.48 bits per heavy atom. The van der Waals surface area contributed by atoms with Crippen molar-refractivity contribution in [2.45, 2.75) is 24.9 Å². The van der Waals surface area contributed by atoms with Crippen LogP contribution in [0.25, 0.3) is 0 Å². The van der Waals surface area contributed by atoms with Crippen molar-refractivity contribution in [3.05, 3.63) is 60.2 Å². The number of carbonyl (C=O) groups is 1. The number of hydrogen-bond acceptors (Lipinski definition) is 4. The van der Waals surface area contributed by atoms with Gasteiger partial charge in [-0.25, -0.2) is 0 Å². The number of methoxy groups -OCH3 is 1. The molecule has 1 fully saturated rings. The Labute approximate surface area is 161 Å². The van der Waals surface area contributed by atoms with Crippen LogP contribution in [0, 0.1) is 0 Å². The van der Waals surface area contributed by atoms with Gasteiger partial charge in [0, 0.05) is 32.9 Å². The van der Waals surface area contributed by atoms with Gasteiger partial charge >= 0.3 is 0 Å². The van der Waals surface area contributed by atoms with Crippen LogP contribution < -0.4 is 10.1 Å². The predicted molar refractivity (Wildman–Crippen MR) is 109 cm³/mol. The first kappa shape index (κ1) is 19.2. The van der Waals surface area contributed by atoms with Crippen LogP contribution in [-0.4, -0.2) is 55.5 Å². The summed E-state index contributed by atoms with van der Waals surface area (Å²) in [4.78, 5) is 17.2. The molecule has 1 amide bonds. The number of piperidine rings is 1. The molecule has 1 N–H and O–H groups in total. The van der Waals surface area contributed by atoms with E-state index in [1.807, 2.05) is 56.6 Å². The molecule has 1 atom stereocenters. The number of rotatable bonds is 6. The van der Waals surface area contributed by atoms with Crippen molar-refractivity contribution in [3.8, 4) is 5.75 Å². The summed E-state index contributed by atoms with van der Waals surface area (Å²) < 4.78 is 5.24. The summed E-state index contributed by atoms with van der Waals surface area (Å²) in [7, 11) is 5.34. The number of para-hydroxylation sites is 1. The van der Waals surface area contributed by atoms with Crippen LogP contribution in [0.5, 0.6) is 5.75 Å². The molecule has 0 spiro atoms. The quantitative estimate of drug-likeness (QED) is 0.851. The van der Waals surface area contributed by atoms with Crippen LogP contribution in [-0.2, 0) is 11.3 Å². The van der Waals surface area contributed by atoms with Crippen molar-refractivity contribution in [3.63, 3.8) is 0 Å². The number of hydrogen-bond donors (Lipinski definition) is 1. The van der Waals surface area contributed by atoms with Gasteiger partial charge in [0.1, 0.15) is 11.3 Å². The van der Waals surface area contributed by atoms with Crippen LogP contribution >= 0.6 is 0 Å². The minimum absolute atomic E-state index is 0.130. The van der Waals surface area contributed by atoms with Crippen LogP contribution in [0.2, 0.25) is 0 Å². The van der Waals surface area contributed by atoms with E-state index in [-0.39, 0.29) is 5.91 Å². The second kappa shape index (κ2) is 8.44. The summed E-state index contributed by atoms with van der Waals surface area (Å²) in [5.41, 5.74) is 1.61. The summed E-state index contributed by atoms with van der Waals surface area (Å²) in [6.07, 6.45) is 1.81. The van der Waals surface area contributed by atoms with Crippen molar-refractivity contribution >= 4 is 11.6 Å². The summed E-state index contributed by atoms with van der Waals surface area (Å²) in [5, 5.41) is 3.56. The molecule has 0 saturated carbocycles. The average molecular weight is 367 g/mol. The summed E-state index contributed by atoms with van der Waals surface area (Å²) in [5.74, 6) is 0.992. The lowest BCUT2D eigenvalue weighted by Crippen LogP contribution is -2.61. The number of nitrogens with zero attached hydrogens (tertiary/aromatic N) is 2. The number of likely N-dealkylation sites (N-methyl/N-ethyl adjacent to an activating group) is 1. The average Bonchev–Trinajstić information content (AvgIpc) is 2.69. The second-order valence-electron chi connectivity index (χ2n) is 7.43. The number of carbonyl (C=O) groups excluding carboxylic acids is 1. The van der Waals surface area contributed by atoms with Crippen LogP contribution in [0.1, 0.15) is 18.4 Å². The van der Waals surface area contributed by atoms with Gasteiger partial charge in [-0.05, 0) is 49.2 Å². The Hall–Kier alpha value is -2.53. The largest absolute Gasteiger partial charge is 0.497 e. The zero-order valence-corrected chi connectivity index (χ0v) is 16.4. The molecule has 1 saturated heterocycles. The molecule has 5 heteroatoms. The molecule has 0 radical (unpaired) electrons. The van der Waals surface area contributed by atoms with Gasteiger partial charge < -0.3 is 15.0 Å². The fraction of sp³-hybridized carbons (Fsp3) is 0.409. The molecule has 0 bridgehead atoms. The Balaban J connectivity index is 1.79. The number of likely N-dealkylation sites (tertiary alicyclic amines) is 1. The van der Waals surface area contributed by atoms with E-state index in [4.69, 9.17) is 4.74 Å². The summed E-state index contributed by atoms with van der Waals surface area (Å²) >= 11 is 0. The van der Waals surface area contributed by atoms with Crippen LogP contribution in [0.3, 0.4) is 0 Å². The molecule has 1 heterocycles. The van der Waals surface area contributed by atoms with E-state index < -0.39 is 5.54 Å². The van der Waals surface area contributed by atoms with Crippen molar-refractivity contribution in [1.82, 2.24) is 9.80 Å². The van der Waals surface area contributed by atoms with Gasteiger partial charge in [0.25, 0.3) is 0 Å². The smallest absolute Gasteiger partial charge is 0.249 e. The zero-order valence-electron chi connectivity index (χ0n) is 16.4. The highest BCUT2D eigenvalue weighted by Crippen LogP contribution is 2.29. The van der Waals surface area contributed by atoms with E-state index in [0.717, 1.165) is 37.4 Å². The minimum Gasteiger partial charge on any atom is -0.497 e. The third-order valence-corrected chi connectivity index (χ3v) is 5.11. The highest BCUT2D eigenvalue weighted by molar-refractivity contribution is 5.89. The third kappa shape index (κ3) is 4.61. The van der Waals surface area contributed by atoms with E-state index in [2.05, 4.69) is 22.3 Å². The van der Waals surface area contributed by atoms with Crippen molar-refractivity contribution < 1.29 is 9.53 Å². The second-order valence-corrected chi connectivity index (χ2v) is 7.43. The fourth-order valence-electron chi connectivity index (χ4n) is 3.82. The highest BCUT2D eigenvalue weighted by atomic mass is 16.5. The number of nitrogens with one attached hydrogen (secondary N) is 1. The maximum Gasteiger partial charge on any atom is 0.249 e. The van der Waals surface area contributed by atoms with Crippen molar-refractivity contribution in [1.29, 1.82) is 0 Å². The normalized spacial score (nSPS) is 20.1. The fourth-order valence-corrected chi connectivity index (χ4v) is 3.82. The Morgan fingerprint density at radius 2 is 1.85 bits per heavy atom. The molecule has 1 unspecified atom stereocenters. The minimum atomic E-state index is -0.602. The first-order chi connectivity index (χ1) is 13.0. The molecule has 5 nitrogen and oxygen atoms in total. The lowest BCUT2D eigenvalue weighted by Gasteiger charge is -2.44. The predicted octanol–water partition coefficient (Wildman–Crippen LogP) is 3.23. The number of anilines is 1. The number of benzene rings is 2. The molecule has 2 aromatic rings. The van der Waals surface area contributed by atoms with Gasteiger partial charge in [-0.1, -0.05) is 30.3 Å².